The number of hydrogen-bond acceptors (Lipinski definition) is 8. The highest BCUT2D eigenvalue weighted by molar-refractivity contribution is 8.00. The standard InChI is InChI=1S/C32H29F3N4O4S/c33-23-14-18(15-36)4-6-24(23)38-12-10-20(11-13-38)44-27-8-5-19(29(34)30(27)35)17-43-26-3-1-2-21-22(26)16-39(32(21)42)25-7-9-28(40)37-31(25)41/h1-6,8,14,20,25,32,42H,7,9-13,16-17H2,(H,37,40,41)/t25-,32?/m0/s1. The fraction of sp³-hybridized carbons (Fsp3) is 0.344. The highest BCUT2D eigenvalue weighted by Gasteiger charge is 2.40. The number of hydrogen-bond donors (Lipinski definition) is 2. The van der Waals surface area contributed by atoms with E-state index in [1.807, 2.05) is 11.0 Å². The van der Waals surface area contributed by atoms with Gasteiger partial charge in [0.05, 0.1) is 23.4 Å². The molecule has 2 amide bonds. The number of aliphatic hydroxyl groups is 1. The Labute approximate surface area is 256 Å². The van der Waals surface area contributed by atoms with E-state index in [9.17, 15) is 19.1 Å². The Morgan fingerprint density at radius 1 is 1.05 bits per heavy atom. The normalized spacial score (nSPS) is 20.8. The molecule has 3 aliphatic rings. The number of carbonyl (C=O) groups excluding carboxylic acids is 2. The van der Waals surface area contributed by atoms with Gasteiger partial charge in [0, 0.05) is 52.9 Å². The largest absolute Gasteiger partial charge is 0.488 e. The van der Waals surface area contributed by atoms with Crippen LogP contribution in [0.25, 0.3) is 0 Å². The van der Waals surface area contributed by atoms with Crippen molar-refractivity contribution in [1.29, 1.82) is 5.26 Å². The molecular weight excluding hydrogens is 593 g/mol. The summed E-state index contributed by atoms with van der Waals surface area (Å²) in [6.07, 6.45) is 0.692. The summed E-state index contributed by atoms with van der Waals surface area (Å²) >= 11 is 1.26. The maximum absolute atomic E-state index is 15.2. The second-order valence-corrected chi connectivity index (χ2v) is 12.4. The van der Waals surface area contributed by atoms with Crippen LogP contribution in [0.3, 0.4) is 0 Å². The van der Waals surface area contributed by atoms with Gasteiger partial charge in [0.2, 0.25) is 11.8 Å². The van der Waals surface area contributed by atoms with Crippen LogP contribution in [0.15, 0.2) is 53.4 Å². The average Bonchev–Trinajstić information content (AvgIpc) is 3.36. The molecule has 0 spiro atoms. The number of fused-ring (bicyclic) bond motifs is 1. The predicted molar refractivity (Wildman–Crippen MR) is 156 cm³/mol. The first-order valence-electron chi connectivity index (χ1n) is 14.3. The fourth-order valence-corrected chi connectivity index (χ4v) is 7.16. The molecule has 0 bridgehead atoms. The van der Waals surface area contributed by atoms with E-state index in [1.54, 1.807) is 35.2 Å². The third-order valence-electron chi connectivity index (χ3n) is 8.38. The molecule has 3 aromatic rings. The summed E-state index contributed by atoms with van der Waals surface area (Å²) in [6, 6.07) is 13.7. The number of piperidine rings is 2. The van der Waals surface area contributed by atoms with Gasteiger partial charge in [-0.2, -0.15) is 5.26 Å². The lowest BCUT2D eigenvalue weighted by Gasteiger charge is -2.33. The van der Waals surface area contributed by atoms with Gasteiger partial charge in [0.1, 0.15) is 24.4 Å². The number of nitrogens with one attached hydrogen (secondary N) is 1. The summed E-state index contributed by atoms with van der Waals surface area (Å²) in [4.78, 5) is 27.6. The number of nitriles is 1. The Morgan fingerprint density at radius 3 is 2.57 bits per heavy atom. The van der Waals surface area contributed by atoms with Crippen LogP contribution in [0.4, 0.5) is 18.9 Å². The topological polar surface area (TPSA) is 106 Å². The maximum atomic E-state index is 15.2. The van der Waals surface area contributed by atoms with Crippen LogP contribution < -0.4 is 15.0 Å². The smallest absolute Gasteiger partial charge is 0.244 e. The molecule has 44 heavy (non-hydrogen) atoms. The molecule has 8 nitrogen and oxygen atoms in total. The third kappa shape index (κ3) is 5.87. The Kier molecular flexibility index (Phi) is 8.53. The second kappa shape index (κ2) is 12.5. The van der Waals surface area contributed by atoms with Gasteiger partial charge in [-0.15, -0.1) is 11.8 Å². The summed E-state index contributed by atoms with van der Waals surface area (Å²) < 4.78 is 50.7. The van der Waals surface area contributed by atoms with Gasteiger partial charge < -0.3 is 14.7 Å². The van der Waals surface area contributed by atoms with Gasteiger partial charge >= 0.3 is 0 Å². The molecule has 0 radical (unpaired) electrons. The Bertz CT molecular complexity index is 1660. The summed E-state index contributed by atoms with van der Waals surface area (Å²) in [5.41, 5.74) is 1.92. The molecule has 2 fully saturated rings. The van der Waals surface area contributed by atoms with E-state index < -0.39 is 35.6 Å². The molecular formula is C32H29F3N4O4S. The number of imide groups is 1. The van der Waals surface area contributed by atoms with E-state index in [4.69, 9.17) is 10.00 Å². The lowest BCUT2D eigenvalue weighted by Crippen LogP contribution is -2.51. The van der Waals surface area contributed by atoms with Crippen molar-refractivity contribution in [2.45, 2.75) is 61.3 Å². The van der Waals surface area contributed by atoms with E-state index in [1.165, 1.54) is 30.0 Å². The molecule has 2 N–H and O–H groups in total. The molecule has 12 heteroatoms. The predicted octanol–water partition coefficient (Wildman–Crippen LogP) is 4.93. The van der Waals surface area contributed by atoms with Crippen LogP contribution in [0, 0.1) is 28.8 Å². The minimum atomic E-state index is -1.07. The van der Waals surface area contributed by atoms with Gasteiger partial charge in [-0.3, -0.25) is 19.8 Å². The van der Waals surface area contributed by atoms with Gasteiger partial charge in [0.15, 0.2) is 11.6 Å². The number of aliphatic hydroxyl groups excluding tert-OH is 1. The maximum Gasteiger partial charge on any atom is 0.244 e. The lowest BCUT2D eigenvalue weighted by atomic mass is 10.0. The first-order chi connectivity index (χ1) is 21.2. The number of benzene rings is 3. The Hall–Kier alpha value is -4.05. The minimum absolute atomic E-state index is 0.0225. The quantitative estimate of drug-likeness (QED) is 0.358. The van der Waals surface area contributed by atoms with Crippen molar-refractivity contribution in [3.05, 3.63) is 88.2 Å². The van der Waals surface area contributed by atoms with Gasteiger partial charge in [-0.1, -0.05) is 18.2 Å². The number of ether oxygens (including phenoxy) is 1. The molecule has 0 aromatic heterocycles. The molecule has 0 aliphatic carbocycles. The first-order valence-corrected chi connectivity index (χ1v) is 15.2. The zero-order valence-electron chi connectivity index (χ0n) is 23.6. The third-order valence-corrected chi connectivity index (χ3v) is 9.75. The van der Waals surface area contributed by atoms with Crippen molar-refractivity contribution in [2.75, 3.05) is 18.0 Å². The molecule has 3 heterocycles. The number of halogens is 3. The molecule has 3 aromatic carbocycles. The average molecular weight is 623 g/mol. The lowest BCUT2D eigenvalue weighted by molar-refractivity contribution is -0.141. The van der Waals surface area contributed by atoms with Crippen LogP contribution in [0.1, 0.15) is 54.2 Å². The number of amides is 2. The number of rotatable bonds is 7. The Balaban J connectivity index is 1.08. The van der Waals surface area contributed by atoms with Gasteiger partial charge in [0.25, 0.3) is 0 Å². The number of nitrogens with zero attached hydrogens (tertiary/aromatic N) is 3. The van der Waals surface area contributed by atoms with Crippen molar-refractivity contribution in [1.82, 2.24) is 10.2 Å². The molecule has 1 unspecified atom stereocenters. The second-order valence-electron chi connectivity index (χ2n) is 11.1. The Morgan fingerprint density at radius 2 is 1.84 bits per heavy atom. The van der Waals surface area contributed by atoms with E-state index in [0.29, 0.717) is 48.5 Å². The van der Waals surface area contributed by atoms with E-state index >= 15 is 8.78 Å². The molecule has 228 valence electrons. The van der Waals surface area contributed by atoms with Crippen molar-refractivity contribution < 1.29 is 32.6 Å². The van der Waals surface area contributed by atoms with Crippen LogP contribution in [-0.4, -0.2) is 46.2 Å². The van der Waals surface area contributed by atoms with Gasteiger partial charge in [-0.25, -0.2) is 13.2 Å². The molecule has 0 saturated carbocycles. The summed E-state index contributed by atoms with van der Waals surface area (Å²) in [5, 5.41) is 22.2. The van der Waals surface area contributed by atoms with Crippen molar-refractivity contribution in [3.8, 4) is 11.8 Å². The van der Waals surface area contributed by atoms with Crippen LogP contribution in [0.2, 0.25) is 0 Å². The minimum Gasteiger partial charge on any atom is -0.488 e. The highest BCUT2D eigenvalue weighted by atomic mass is 32.2. The molecule has 2 saturated heterocycles. The zero-order chi connectivity index (χ0) is 31.0. The SMILES string of the molecule is N#Cc1ccc(N2CCC(Sc3ccc(COc4cccc5c4CN([C@H]4CCC(=O)NC4=O)C5O)c(F)c3F)CC2)c(F)c1. The van der Waals surface area contributed by atoms with Crippen LogP contribution >= 0.6 is 11.8 Å². The van der Waals surface area contributed by atoms with Crippen molar-refractivity contribution in [3.63, 3.8) is 0 Å². The van der Waals surface area contributed by atoms with Gasteiger partial charge in [-0.05, 0) is 49.6 Å². The monoisotopic (exact) mass is 622 g/mol. The first kappa shape index (κ1) is 30.0. The molecule has 3 aliphatic heterocycles. The number of anilines is 1. The fourth-order valence-electron chi connectivity index (χ4n) is 6.01. The van der Waals surface area contributed by atoms with Crippen molar-refractivity contribution in [2.24, 2.45) is 0 Å². The number of thioether (sulfide) groups is 1. The van der Waals surface area contributed by atoms with Crippen molar-refractivity contribution >= 4 is 29.3 Å². The van der Waals surface area contributed by atoms with E-state index in [-0.39, 0.29) is 53.2 Å². The van der Waals surface area contributed by atoms with Crippen LogP contribution in [-0.2, 0) is 22.7 Å². The molecule has 6 rings (SSSR count). The highest BCUT2D eigenvalue weighted by Crippen LogP contribution is 2.40. The zero-order valence-corrected chi connectivity index (χ0v) is 24.4. The van der Waals surface area contributed by atoms with E-state index in [2.05, 4.69) is 5.32 Å². The van der Waals surface area contributed by atoms with Crippen LogP contribution in [0.5, 0.6) is 5.75 Å². The summed E-state index contributed by atoms with van der Waals surface area (Å²) in [5.74, 6) is -2.82. The summed E-state index contributed by atoms with van der Waals surface area (Å²) in [7, 11) is 0. The summed E-state index contributed by atoms with van der Waals surface area (Å²) in [6.45, 7) is 1.05. The molecule has 2 atom stereocenters. The van der Waals surface area contributed by atoms with E-state index in [0.717, 1.165) is 0 Å². The number of carbonyl (C=O) groups is 2.